The van der Waals surface area contributed by atoms with Crippen molar-refractivity contribution in [2.75, 3.05) is 12.0 Å². The van der Waals surface area contributed by atoms with Crippen LogP contribution in [0.1, 0.15) is 32.6 Å². The van der Waals surface area contributed by atoms with Crippen LogP contribution in [0.25, 0.3) is 11.0 Å². The topological polar surface area (TPSA) is 76.1 Å². The van der Waals surface area contributed by atoms with E-state index >= 15 is 0 Å². The second kappa shape index (κ2) is 7.37. The maximum Gasteiger partial charge on any atom is 0.264 e. The Bertz CT molecular complexity index is 676. The van der Waals surface area contributed by atoms with E-state index in [0.29, 0.717) is 11.7 Å². The predicted molar refractivity (Wildman–Crippen MR) is 88.7 cm³/mol. The van der Waals surface area contributed by atoms with Crippen LogP contribution >= 0.6 is 0 Å². The van der Waals surface area contributed by atoms with E-state index < -0.39 is 0 Å². The molecular weight excluding hydrogens is 292 g/mol. The molecule has 1 aromatic heterocycles. The Morgan fingerprint density at radius 2 is 2.13 bits per heavy atom. The number of para-hydroxylation sites is 2. The lowest BCUT2D eigenvalue weighted by atomic mass is 9.89. The third-order valence-corrected chi connectivity index (χ3v) is 4.12. The summed E-state index contributed by atoms with van der Waals surface area (Å²) in [5.74, 6) is 0.976. The molecule has 0 spiro atoms. The number of nitrogens with zero attached hydrogens (tertiary/aromatic N) is 2. The lowest BCUT2D eigenvalue weighted by molar-refractivity contribution is -0.128. The van der Waals surface area contributed by atoms with E-state index in [4.69, 9.17) is 4.74 Å². The molecule has 122 valence electrons. The number of nitrogens with one attached hydrogen (secondary N) is 2. The summed E-state index contributed by atoms with van der Waals surface area (Å²) in [6, 6.07) is 7.58. The number of hydrogen-bond donors (Lipinski definition) is 2. The van der Waals surface area contributed by atoms with E-state index in [1.807, 2.05) is 24.3 Å². The second-order valence-corrected chi connectivity index (χ2v) is 6.12. The van der Waals surface area contributed by atoms with Crippen LogP contribution in [-0.4, -0.2) is 28.6 Å². The van der Waals surface area contributed by atoms with Gasteiger partial charge in [0.15, 0.2) is 5.82 Å². The van der Waals surface area contributed by atoms with Crippen molar-refractivity contribution in [3.63, 3.8) is 0 Å². The number of ether oxygens (including phenoxy) is 1. The molecule has 2 N–H and O–H groups in total. The van der Waals surface area contributed by atoms with Gasteiger partial charge >= 0.3 is 0 Å². The van der Waals surface area contributed by atoms with Crippen LogP contribution in [0.3, 0.4) is 0 Å². The van der Waals surface area contributed by atoms with Crippen LogP contribution in [-0.2, 0) is 9.53 Å². The Morgan fingerprint density at radius 1 is 1.30 bits per heavy atom. The van der Waals surface area contributed by atoms with Crippen LogP contribution in [0.15, 0.2) is 30.5 Å². The van der Waals surface area contributed by atoms with Crippen LogP contribution in [0.2, 0.25) is 0 Å². The molecule has 0 bridgehead atoms. The number of hydrazine groups is 1. The van der Waals surface area contributed by atoms with Gasteiger partial charge in [-0.2, -0.15) is 0 Å². The molecule has 23 heavy (non-hydrogen) atoms. The maximum atomic E-state index is 11.9. The minimum absolute atomic E-state index is 0.0609. The van der Waals surface area contributed by atoms with Crippen molar-refractivity contribution >= 4 is 22.8 Å². The third-order valence-electron chi connectivity index (χ3n) is 4.12. The Hall–Kier alpha value is -2.21. The summed E-state index contributed by atoms with van der Waals surface area (Å²) < 4.78 is 5.69. The van der Waals surface area contributed by atoms with Gasteiger partial charge in [0.25, 0.3) is 5.91 Å². The van der Waals surface area contributed by atoms with Gasteiger partial charge in [0.2, 0.25) is 0 Å². The Balaban J connectivity index is 1.46. The SMILES string of the molecule is C[C@H]1CCC[C@@H](OCC(=O)NNc2cnc3ccccc3n2)C1. The monoisotopic (exact) mass is 314 g/mol. The standard InChI is InChI=1S/C17H22N4O2/c1-12-5-4-6-13(9-12)23-11-17(22)21-20-16-10-18-14-7-2-3-8-15(14)19-16/h2-3,7-8,10,12-13H,4-6,9,11H2,1H3,(H,19,20)(H,21,22)/t12-,13+/m0/s1. The molecule has 1 heterocycles. The minimum Gasteiger partial charge on any atom is -0.368 e. The summed E-state index contributed by atoms with van der Waals surface area (Å²) >= 11 is 0. The van der Waals surface area contributed by atoms with Gasteiger partial charge < -0.3 is 4.74 Å². The summed E-state index contributed by atoms with van der Waals surface area (Å²) in [5.41, 5.74) is 6.97. The first kappa shape index (κ1) is 15.7. The van der Waals surface area contributed by atoms with Gasteiger partial charge in [0, 0.05) is 0 Å². The van der Waals surface area contributed by atoms with E-state index in [0.717, 1.165) is 23.9 Å². The molecule has 2 atom stereocenters. The number of carbonyl (C=O) groups excluding carboxylic acids is 1. The van der Waals surface area contributed by atoms with Crippen molar-refractivity contribution in [3.8, 4) is 0 Å². The van der Waals surface area contributed by atoms with E-state index in [9.17, 15) is 4.79 Å². The minimum atomic E-state index is -0.210. The van der Waals surface area contributed by atoms with E-state index in [-0.39, 0.29) is 18.6 Å². The Morgan fingerprint density at radius 3 is 2.96 bits per heavy atom. The van der Waals surface area contributed by atoms with E-state index in [2.05, 4.69) is 27.7 Å². The van der Waals surface area contributed by atoms with Crippen molar-refractivity contribution in [1.82, 2.24) is 15.4 Å². The summed E-state index contributed by atoms with van der Waals surface area (Å²) in [7, 11) is 0. The maximum absolute atomic E-state index is 11.9. The highest BCUT2D eigenvalue weighted by atomic mass is 16.5. The largest absolute Gasteiger partial charge is 0.368 e. The zero-order valence-electron chi connectivity index (χ0n) is 13.3. The number of carbonyl (C=O) groups is 1. The number of rotatable bonds is 5. The number of amides is 1. The molecule has 6 heteroatoms. The zero-order chi connectivity index (χ0) is 16.1. The van der Waals surface area contributed by atoms with Gasteiger partial charge in [-0.05, 0) is 30.9 Å². The highest BCUT2D eigenvalue weighted by Gasteiger charge is 2.20. The molecule has 1 aromatic carbocycles. The quantitative estimate of drug-likeness (QED) is 0.830. The molecular formula is C17H22N4O2. The first-order valence-corrected chi connectivity index (χ1v) is 8.09. The number of benzene rings is 1. The van der Waals surface area contributed by atoms with Crippen molar-refractivity contribution < 1.29 is 9.53 Å². The number of fused-ring (bicyclic) bond motifs is 1. The summed E-state index contributed by atoms with van der Waals surface area (Å²) in [4.78, 5) is 20.5. The van der Waals surface area contributed by atoms with Crippen LogP contribution in [0.5, 0.6) is 0 Å². The lowest BCUT2D eigenvalue weighted by Crippen LogP contribution is -2.35. The van der Waals surface area contributed by atoms with Gasteiger partial charge in [0.05, 0.1) is 23.3 Å². The van der Waals surface area contributed by atoms with Gasteiger partial charge in [-0.3, -0.25) is 20.6 Å². The average molecular weight is 314 g/mol. The summed E-state index contributed by atoms with van der Waals surface area (Å²) in [6.45, 7) is 2.29. The first-order valence-electron chi connectivity index (χ1n) is 8.09. The normalized spacial score (nSPS) is 21.1. The molecule has 0 radical (unpaired) electrons. The molecule has 3 rings (SSSR count). The fourth-order valence-corrected chi connectivity index (χ4v) is 2.91. The van der Waals surface area contributed by atoms with Gasteiger partial charge in [-0.1, -0.05) is 31.9 Å². The fraction of sp³-hybridized carbons (Fsp3) is 0.471. The molecule has 1 aliphatic carbocycles. The van der Waals surface area contributed by atoms with Crippen molar-refractivity contribution in [2.24, 2.45) is 5.92 Å². The average Bonchev–Trinajstić information content (AvgIpc) is 2.58. The Labute approximate surface area is 135 Å². The first-order chi connectivity index (χ1) is 11.2. The second-order valence-electron chi connectivity index (χ2n) is 6.12. The third kappa shape index (κ3) is 4.39. The molecule has 0 aliphatic heterocycles. The zero-order valence-corrected chi connectivity index (χ0v) is 13.3. The Kier molecular flexibility index (Phi) is 5.02. The number of anilines is 1. The van der Waals surface area contributed by atoms with E-state index in [1.165, 1.54) is 12.8 Å². The molecule has 0 saturated heterocycles. The molecule has 1 fully saturated rings. The van der Waals surface area contributed by atoms with Crippen LogP contribution < -0.4 is 10.9 Å². The van der Waals surface area contributed by atoms with E-state index in [1.54, 1.807) is 6.20 Å². The highest BCUT2D eigenvalue weighted by molar-refractivity contribution is 5.79. The lowest BCUT2D eigenvalue weighted by Gasteiger charge is -2.26. The van der Waals surface area contributed by atoms with Crippen molar-refractivity contribution in [1.29, 1.82) is 0 Å². The molecule has 6 nitrogen and oxygen atoms in total. The predicted octanol–water partition coefficient (Wildman–Crippen LogP) is 2.67. The van der Waals surface area contributed by atoms with Crippen molar-refractivity contribution in [3.05, 3.63) is 30.5 Å². The number of hydrogen-bond acceptors (Lipinski definition) is 5. The van der Waals surface area contributed by atoms with Crippen LogP contribution in [0, 0.1) is 5.92 Å². The van der Waals surface area contributed by atoms with Gasteiger partial charge in [0.1, 0.15) is 6.61 Å². The molecule has 0 unspecified atom stereocenters. The molecule has 1 aliphatic rings. The molecule has 1 saturated carbocycles. The smallest absolute Gasteiger partial charge is 0.264 e. The number of aromatic nitrogens is 2. The fourth-order valence-electron chi connectivity index (χ4n) is 2.91. The van der Waals surface area contributed by atoms with Crippen LogP contribution in [0.4, 0.5) is 5.82 Å². The van der Waals surface area contributed by atoms with Gasteiger partial charge in [-0.15, -0.1) is 0 Å². The summed E-state index contributed by atoms with van der Waals surface area (Å²) in [5, 5.41) is 0. The van der Waals surface area contributed by atoms with Gasteiger partial charge in [-0.25, -0.2) is 4.98 Å². The summed E-state index contributed by atoms with van der Waals surface area (Å²) in [6.07, 6.45) is 6.31. The molecule has 2 aromatic rings. The van der Waals surface area contributed by atoms with Crippen molar-refractivity contribution in [2.45, 2.75) is 38.7 Å². The molecule has 1 amide bonds. The highest BCUT2D eigenvalue weighted by Crippen LogP contribution is 2.25.